The minimum Gasteiger partial charge on any atom is -0.338 e. The molecule has 9 heteroatoms. The lowest BCUT2D eigenvalue weighted by Crippen LogP contribution is -2.34. The first kappa shape index (κ1) is 18.0. The van der Waals surface area contributed by atoms with Crippen molar-refractivity contribution in [3.63, 3.8) is 0 Å². The maximum absolute atomic E-state index is 12.2. The molecule has 0 bridgehead atoms. The quantitative estimate of drug-likeness (QED) is 0.704. The lowest BCUT2D eigenvalue weighted by atomic mass is 10.1. The van der Waals surface area contributed by atoms with Gasteiger partial charge in [0.2, 0.25) is 5.88 Å². The van der Waals surface area contributed by atoms with Gasteiger partial charge in [0.05, 0.1) is 16.7 Å². The van der Waals surface area contributed by atoms with Crippen molar-refractivity contribution in [2.45, 2.75) is 11.8 Å². The van der Waals surface area contributed by atoms with E-state index in [1.807, 2.05) is 11.6 Å². The molecule has 0 aliphatic carbocycles. The van der Waals surface area contributed by atoms with Gasteiger partial charge < -0.3 is 4.52 Å². The van der Waals surface area contributed by atoms with Gasteiger partial charge in [0.15, 0.2) is 0 Å². The molecule has 0 unspecified atom stereocenters. The van der Waals surface area contributed by atoms with E-state index in [1.165, 1.54) is 18.3 Å². The molecule has 2 amide bonds. The lowest BCUT2D eigenvalue weighted by molar-refractivity contribution is 0.255. The monoisotopic (exact) mass is 391 g/mol. The molecule has 7 nitrogen and oxygen atoms in total. The summed E-state index contributed by atoms with van der Waals surface area (Å²) in [6.45, 7) is 1.83. The Hall–Kier alpha value is -2.84. The number of amides is 2. The average Bonchev–Trinajstić information content (AvgIpc) is 3.03. The standard InChI is InChI=1S/C17H14ClN3O4S/c1-11-2-8-14(9-3-11)26(23,24)21-17(22)20-16-15(10-19-25-16)12-4-6-13(18)7-5-12/h2-10H,1H3,(H2,20,21,22). The fourth-order valence-corrected chi connectivity index (χ4v) is 3.23. The lowest BCUT2D eigenvalue weighted by Gasteiger charge is -2.08. The number of carbonyl (C=O) groups is 1. The summed E-state index contributed by atoms with van der Waals surface area (Å²) >= 11 is 5.85. The molecule has 0 aliphatic rings. The van der Waals surface area contributed by atoms with E-state index in [0.29, 0.717) is 16.1 Å². The number of halogens is 1. The first-order valence-corrected chi connectivity index (χ1v) is 9.32. The molecule has 0 spiro atoms. The van der Waals surface area contributed by atoms with Gasteiger partial charge in [-0.15, -0.1) is 0 Å². The maximum atomic E-state index is 12.2. The Morgan fingerprint density at radius 3 is 2.38 bits per heavy atom. The highest BCUT2D eigenvalue weighted by atomic mass is 35.5. The van der Waals surface area contributed by atoms with Crippen LogP contribution in [-0.4, -0.2) is 19.6 Å². The zero-order valence-electron chi connectivity index (χ0n) is 13.6. The summed E-state index contributed by atoms with van der Waals surface area (Å²) < 4.78 is 31.4. The smallest absolute Gasteiger partial charge is 0.335 e. The van der Waals surface area contributed by atoms with Crippen molar-refractivity contribution in [2.75, 3.05) is 5.32 Å². The van der Waals surface area contributed by atoms with Crippen LogP contribution in [-0.2, 0) is 10.0 Å². The van der Waals surface area contributed by atoms with Crippen molar-refractivity contribution in [1.29, 1.82) is 0 Å². The zero-order valence-corrected chi connectivity index (χ0v) is 15.1. The van der Waals surface area contributed by atoms with E-state index in [2.05, 4.69) is 10.5 Å². The first-order chi connectivity index (χ1) is 12.3. The highest BCUT2D eigenvalue weighted by Crippen LogP contribution is 2.28. The zero-order chi connectivity index (χ0) is 18.7. The van der Waals surface area contributed by atoms with Crippen molar-refractivity contribution >= 4 is 33.5 Å². The van der Waals surface area contributed by atoms with Crippen molar-refractivity contribution in [2.24, 2.45) is 0 Å². The number of rotatable bonds is 4. The second-order valence-electron chi connectivity index (χ2n) is 5.45. The number of carbonyl (C=O) groups excluding carboxylic acids is 1. The maximum Gasteiger partial charge on any atom is 0.335 e. The number of nitrogens with one attached hydrogen (secondary N) is 2. The minimum absolute atomic E-state index is 0.0175. The molecule has 0 atom stereocenters. The summed E-state index contributed by atoms with van der Waals surface area (Å²) in [4.78, 5) is 12.1. The third-order valence-corrected chi connectivity index (χ3v) is 5.11. The molecule has 2 aromatic carbocycles. The second kappa shape index (κ2) is 7.19. The Kier molecular flexibility index (Phi) is 4.97. The van der Waals surface area contributed by atoms with Crippen LogP contribution in [0.4, 0.5) is 10.7 Å². The molecule has 0 fully saturated rings. The van der Waals surface area contributed by atoms with Crippen LogP contribution in [0.2, 0.25) is 5.02 Å². The van der Waals surface area contributed by atoms with Crippen LogP contribution in [0.5, 0.6) is 0 Å². The van der Waals surface area contributed by atoms with Gasteiger partial charge in [0, 0.05) is 5.02 Å². The van der Waals surface area contributed by atoms with Crippen LogP contribution in [0, 0.1) is 6.92 Å². The molecular weight excluding hydrogens is 378 g/mol. The summed E-state index contributed by atoms with van der Waals surface area (Å²) in [5.41, 5.74) is 2.10. The summed E-state index contributed by atoms with van der Waals surface area (Å²) in [6, 6.07) is 11.9. The molecule has 1 aromatic heterocycles. The van der Waals surface area contributed by atoms with Crippen LogP contribution < -0.4 is 10.0 Å². The Labute approximate surface area is 155 Å². The van der Waals surface area contributed by atoms with Crippen molar-refractivity contribution < 1.29 is 17.7 Å². The molecule has 0 radical (unpaired) electrons. The molecule has 26 heavy (non-hydrogen) atoms. The Morgan fingerprint density at radius 1 is 1.08 bits per heavy atom. The van der Waals surface area contributed by atoms with Crippen molar-refractivity contribution in [3.05, 3.63) is 65.3 Å². The Morgan fingerprint density at radius 2 is 1.73 bits per heavy atom. The molecule has 3 aromatic rings. The fourth-order valence-electron chi connectivity index (χ4n) is 2.19. The Bertz CT molecular complexity index is 1030. The van der Waals surface area contributed by atoms with E-state index >= 15 is 0 Å². The molecule has 3 rings (SSSR count). The second-order valence-corrected chi connectivity index (χ2v) is 7.57. The van der Waals surface area contributed by atoms with Gasteiger partial charge in [-0.25, -0.2) is 17.9 Å². The van der Waals surface area contributed by atoms with Crippen LogP contribution in [0.25, 0.3) is 11.1 Å². The predicted octanol–water partition coefficient (Wildman–Crippen LogP) is 3.81. The number of aryl methyl sites for hydroxylation is 1. The molecule has 0 aliphatic heterocycles. The van der Waals surface area contributed by atoms with Crippen LogP contribution in [0.1, 0.15) is 5.56 Å². The SMILES string of the molecule is Cc1ccc(S(=O)(=O)NC(=O)Nc2oncc2-c2ccc(Cl)cc2)cc1. The number of anilines is 1. The highest BCUT2D eigenvalue weighted by molar-refractivity contribution is 7.90. The number of sulfonamides is 1. The van der Waals surface area contributed by atoms with Crippen LogP contribution >= 0.6 is 11.6 Å². The predicted molar refractivity (Wildman–Crippen MR) is 97.5 cm³/mol. The molecule has 2 N–H and O–H groups in total. The van der Waals surface area contributed by atoms with Crippen LogP contribution in [0.15, 0.2) is 64.1 Å². The molecular formula is C17H14ClN3O4S. The number of aromatic nitrogens is 1. The summed E-state index contributed by atoms with van der Waals surface area (Å²) in [5.74, 6) is 0.0175. The number of hydrogen-bond donors (Lipinski definition) is 2. The summed E-state index contributed by atoms with van der Waals surface area (Å²) in [6.07, 6.45) is 1.41. The number of benzene rings is 2. The molecule has 134 valence electrons. The first-order valence-electron chi connectivity index (χ1n) is 7.46. The van der Waals surface area contributed by atoms with E-state index in [4.69, 9.17) is 16.1 Å². The van der Waals surface area contributed by atoms with Gasteiger partial charge in [0.25, 0.3) is 10.0 Å². The molecule has 1 heterocycles. The number of nitrogens with zero attached hydrogens (tertiary/aromatic N) is 1. The average molecular weight is 392 g/mol. The van der Waals surface area contributed by atoms with Gasteiger partial charge >= 0.3 is 6.03 Å². The van der Waals surface area contributed by atoms with Gasteiger partial charge in [-0.3, -0.25) is 5.32 Å². The van der Waals surface area contributed by atoms with Gasteiger partial charge in [-0.05, 0) is 36.8 Å². The molecule has 0 saturated heterocycles. The van der Waals surface area contributed by atoms with E-state index in [9.17, 15) is 13.2 Å². The third kappa shape index (κ3) is 4.04. The van der Waals surface area contributed by atoms with E-state index in [0.717, 1.165) is 5.56 Å². The molecule has 0 saturated carbocycles. The van der Waals surface area contributed by atoms with E-state index < -0.39 is 16.1 Å². The van der Waals surface area contributed by atoms with E-state index in [-0.39, 0.29) is 10.8 Å². The van der Waals surface area contributed by atoms with E-state index in [1.54, 1.807) is 36.4 Å². The summed E-state index contributed by atoms with van der Waals surface area (Å²) in [5, 5.41) is 6.54. The normalized spacial score (nSPS) is 11.2. The fraction of sp³-hybridized carbons (Fsp3) is 0.0588. The van der Waals surface area contributed by atoms with Gasteiger partial charge in [-0.2, -0.15) is 0 Å². The largest absolute Gasteiger partial charge is 0.338 e. The summed E-state index contributed by atoms with van der Waals surface area (Å²) in [7, 11) is -4.00. The van der Waals surface area contributed by atoms with Gasteiger partial charge in [0.1, 0.15) is 0 Å². The highest BCUT2D eigenvalue weighted by Gasteiger charge is 2.20. The van der Waals surface area contributed by atoms with Crippen molar-refractivity contribution in [1.82, 2.24) is 9.88 Å². The number of hydrogen-bond acceptors (Lipinski definition) is 5. The third-order valence-electron chi connectivity index (χ3n) is 3.51. The van der Waals surface area contributed by atoms with Gasteiger partial charge in [-0.1, -0.05) is 46.6 Å². The van der Waals surface area contributed by atoms with Crippen molar-refractivity contribution in [3.8, 4) is 11.1 Å². The minimum atomic E-state index is -4.00. The number of urea groups is 1. The topological polar surface area (TPSA) is 101 Å². The van der Waals surface area contributed by atoms with Crippen LogP contribution in [0.3, 0.4) is 0 Å². The Balaban J connectivity index is 1.76.